The van der Waals surface area contributed by atoms with Gasteiger partial charge in [0.15, 0.2) is 0 Å². The quantitative estimate of drug-likeness (QED) is 0.708. The third-order valence-corrected chi connectivity index (χ3v) is 4.16. The summed E-state index contributed by atoms with van der Waals surface area (Å²) in [5.74, 6) is -1.07. The summed E-state index contributed by atoms with van der Waals surface area (Å²) < 4.78 is 4.91. The number of carbonyl (C=O) groups is 2. The average molecular weight is 316 g/mol. The number of nitrogens with one attached hydrogen (secondary N) is 1. The number of thiophene rings is 1. The number of aryl methyl sites for hydroxylation is 1. The number of methoxy groups -OCH3 is 1. The molecule has 0 aromatic carbocycles. The maximum atomic E-state index is 12.2. The molecule has 1 aromatic rings. The van der Waals surface area contributed by atoms with Crippen LogP contribution in [0.2, 0.25) is 0 Å². The number of aliphatic hydroxyl groups excluding tert-OH is 1. The maximum Gasteiger partial charge on any atom is 0.338 e. The molecule has 0 saturated heterocycles. The van der Waals surface area contributed by atoms with Crippen LogP contribution in [0.5, 0.6) is 0 Å². The topological polar surface area (TPSA) is 99.1 Å². The summed E-state index contributed by atoms with van der Waals surface area (Å²) in [7, 11) is 1.52. The molecule has 0 unspecified atom stereocenters. The first kappa shape index (κ1) is 17.4. The summed E-state index contributed by atoms with van der Waals surface area (Å²) >= 11 is 1.22. The molecule has 0 saturated carbocycles. The summed E-state index contributed by atoms with van der Waals surface area (Å²) in [5, 5.41) is 21.1. The van der Waals surface area contributed by atoms with Crippen LogP contribution in [0.3, 0.4) is 0 Å². The molecule has 0 atom stereocenters. The van der Waals surface area contributed by atoms with Crippen molar-refractivity contribution in [1.29, 1.82) is 0 Å². The van der Waals surface area contributed by atoms with Crippen molar-refractivity contribution in [1.82, 2.24) is 4.90 Å². The van der Waals surface area contributed by atoms with E-state index >= 15 is 0 Å². The number of hydrogen-bond donors (Lipinski definition) is 3. The van der Waals surface area contributed by atoms with E-state index in [9.17, 15) is 14.7 Å². The monoisotopic (exact) mass is 316 g/mol. The zero-order valence-electron chi connectivity index (χ0n) is 12.3. The Bertz CT molecular complexity index is 515. The van der Waals surface area contributed by atoms with Crippen LogP contribution in [0.4, 0.5) is 9.80 Å². The molecule has 0 aliphatic carbocycles. The van der Waals surface area contributed by atoms with Gasteiger partial charge in [0.1, 0.15) is 5.00 Å². The van der Waals surface area contributed by atoms with Gasteiger partial charge in [0.2, 0.25) is 0 Å². The van der Waals surface area contributed by atoms with Crippen molar-refractivity contribution in [3.63, 3.8) is 0 Å². The Kier molecular flexibility index (Phi) is 6.60. The fourth-order valence-electron chi connectivity index (χ4n) is 1.79. The number of rotatable bonds is 7. The number of amides is 2. The van der Waals surface area contributed by atoms with Gasteiger partial charge in [0.25, 0.3) is 0 Å². The molecule has 0 bridgehead atoms. The fraction of sp³-hybridized carbons (Fsp3) is 0.538. The second-order valence-electron chi connectivity index (χ2n) is 4.43. The van der Waals surface area contributed by atoms with Gasteiger partial charge in [0.05, 0.1) is 18.8 Å². The number of hydrogen-bond acceptors (Lipinski definition) is 5. The molecule has 118 valence electrons. The van der Waals surface area contributed by atoms with Crippen LogP contribution < -0.4 is 5.32 Å². The minimum Gasteiger partial charge on any atom is -0.478 e. The van der Waals surface area contributed by atoms with Crippen molar-refractivity contribution in [3.05, 3.63) is 16.0 Å². The lowest BCUT2D eigenvalue weighted by molar-refractivity contribution is 0.0697. The molecule has 0 aliphatic heterocycles. The van der Waals surface area contributed by atoms with Gasteiger partial charge in [-0.15, -0.1) is 11.3 Å². The number of urea groups is 1. The first-order valence-corrected chi connectivity index (χ1v) is 7.23. The van der Waals surface area contributed by atoms with E-state index in [-0.39, 0.29) is 18.7 Å². The lowest BCUT2D eigenvalue weighted by atomic mass is 10.1. The summed E-state index contributed by atoms with van der Waals surface area (Å²) in [6.07, 6.45) is 0. The molecule has 1 aromatic heterocycles. The van der Waals surface area contributed by atoms with Gasteiger partial charge in [-0.1, -0.05) is 0 Å². The van der Waals surface area contributed by atoms with Crippen molar-refractivity contribution in [3.8, 4) is 0 Å². The molecular weight excluding hydrogens is 296 g/mol. The molecule has 2 amide bonds. The van der Waals surface area contributed by atoms with E-state index in [0.717, 1.165) is 4.88 Å². The van der Waals surface area contributed by atoms with Gasteiger partial charge in [-0.2, -0.15) is 0 Å². The summed E-state index contributed by atoms with van der Waals surface area (Å²) in [6.45, 7) is 4.14. The Balaban J connectivity index is 2.90. The minimum atomic E-state index is -1.07. The van der Waals surface area contributed by atoms with E-state index in [1.807, 2.05) is 0 Å². The second kappa shape index (κ2) is 7.96. The first-order chi connectivity index (χ1) is 9.92. The third-order valence-electron chi connectivity index (χ3n) is 3.04. The predicted molar refractivity (Wildman–Crippen MR) is 80.3 cm³/mol. The molecule has 1 rings (SSSR count). The molecule has 21 heavy (non-hydrogen) atoms. The Morgan fingerprint density at radius 2 is 2.00 bits per heavy atom. The lowest BCUT2D eigenvalue weighted by Gasteiger charge is -2.21. The normalized spacial score (nSPS) is 10.5. The van der Waals surface area contributed by atoms with Crippen LogP contribution in [-0.2, 0) is 4.74 Å². The number of carboxylic acid groups (broad SMARTS) is 1. The van der Waals surface area contributed by atoms with E-state index < -0.39 is 12.0 Å². The maximum absolute atomic E-state index is 12.2. The van der Waals surface area contributed by atoms with Gasteiger partial charge in [-0.25, -0.2) is 9.59 Å². The molecule has 7 nitrogen and oxygen atoms in total. The second-order valence-corrected chi connectivity index (χ2v) is 5.65. The van der Waals surface area contributed by atoms with Gasteiger partial charge < -0.3 is 19.8 Å². The first-order valence-electron chi connectivity index (χ1n) is 6.41. The fourth-order valence-corrected chi connectivity index (χ4v) is 2.83. The van der Waals surface area contributed by atoms with Crippen LogP contribution in [0.25, 0.3) is 0 Å². The minimum absolute atomic E-state index is 0.113. The van der Waals surface area contributed by atoms with Gasteiger partial charge in [-0.05, 0) is 19.4 Å². The smallest absolute Gasteiger partial charge is 0.338 e. The number of nitrogens with zero attached hydrogens (tertiary/aromatic N) is 1. The number of anilines is 1. The molecule has 0 aliphatic rings. The summed E-state index contributed by atoms with van der Waals surface area (Å²) in [6, 6.07) is -0.454. The van der Waals surface area contributed by atoms with Gasteiger partial charge in [-0.3, -0.25) is 5.32 Å². The standard InChI is InChI=1S/C13H20N2O5S/c1-8-9(2)21-11(10(8)12(17)18)14-13(19)15(4-6-16)5-7-20-3/h16H,4-7H2,1-3H3,(H,14,19)(H,17,18). The van der Waals surface area contributed by atoms with Gasteiger partial charge in [0, 0.05) is 25.1 Å². The Hall–Kier alpha value is -1.64. The zero-order valence-corrected chi connectivity index (χ0v) is 13.1. The van der Waals surface area contributed by atoms with Crippen molar-refractivity contribution >= 4 is 28.3 Å². The zero-order chi connectivity index (χ0) is 16.0. The van der Waals surface area contributed by atoms with Crippen LogP contribution in [-0.4, -0.2) is 60.5 Å². The number of aromatic carboxylic acids is 1. The summed E-state index contributed by atoms with van der Waals surface area (Å²) in [5.41, 5.74) is 0.759. The molecule has 8 heteroatoms. The SMILES string of the molecule is COCCN(CCO)C(=O)Nc1sc(C)c(C)c1C(=O)O. The Morgan fingerprint density at radius 1 is 1.33 bits per heavy atom. The van der Waals surface area contributed by atoms with E-state index in [0.29, 0.717) is 23.7 Å². The third kappa shape index (κ3) is 4.42. The van der Waals surface area contributed by atoms with Crippen LogP contribution in [0, 0.1) is 13.8 Å². The average Bonchev–Trinajstić information content (AvgIpc) is 2.69. The number of ether oxygens (including phenoxy) is 1. The van der Waals surface area contributed by atoms with Crippen molar-refractivity contribution in [2.75, 3.05) is 38.7 Å². The van der Waals surface area contributed by atoms with Crippen molar-refractivity contribution in [2.24, 2.45) is 0 Å². The lowest BCUT2D eigenvalue weighted by Crippen LogP contribution is -2.39. The highest BCUT2D eigenvalue weighted by atomic mass is 32.1. The highest BCUT2D eigenvalue weighted by Crippen LogP contribution is 2.32. The molecule has 1 heterocycles. The molecule has 0 radical (unpaired) electrons. The Morgan fingerprint density at radius 3 is 2.52 bits per heavy atom. The van der Waals surface area contributed by atoms with Crippen molar-refractivity contribution in [2.45, 2.75) is 13.8 Å². The highest BCUT2D eigenvalue weighted by Gasteiger charge is 2.22. The number of carbonyl (C=O) groups excluding carboxylic acids is 1. The Labute approximate surface area is 127 Å². The van der Waals surface area contributed by atoms with Crippen LogP contribution in [0.15, 0.2) is 0 Å². The van der Waals surface area contributed by atoms with Crippen LogP contribution in [0.1, 0.15) is 20.8 Å². The molecular formula is C13H20N2O5S. The van der Waals surface area contributed by atoms with E-state index in [1.165, 1.54) is 23.3 Å². The van der Waals surface area contributed by atoms with Crippen LogP contribution >= 0.6 is 11.3 Å². The van der Waals surface area contributed by atoms with Crippen molar-refractivity contribution < 1.29 is 24.5 Å². The van der Waals surface area contributed by atoms with E-state index in [2.05, 4.69) is 5.32 Å². The van der Waals surface area contributed by atoms with E-state index in [4.69, 9.17) is 9.84 Å². The molecule has 0 fully saturated rings. The number of carboxylic acids is 1. The van der Waals surface area contributed by atoms with E-state index in [1.54, 1.807) is 13.8 Å². The van der Waals surface area contributed by atoms with Gasteiger partial charge >= 0.3 is 12.0 Å². The summed E-state index contributed by atoms with van der Waals surface area (Å²) in [4.78, 5) is 25.7. The number of aliphatic hydroxyl groups is 1. The molecule has 0 spiro atoms. The highest BCUT2D eigenvalue weighted by molar-refractivity contribution is 7.16. The predicted octanol–water partition coefficient (Wildman–Crippen LogP) is 1.54. The largest absolute Gasteiger partial charge is 0.478 e. The molecule has 3 N–H and O–H groups in total.